The van der Waals surface area contributed by atoms with E-state index in [4.69, 9.17) is 14.2 Å². The first kappa shape index (κ1) is 18.7. The van der Waals surface area contributed by atoms with Crippen LogP contribution in [0.15, 0.2) is 36.9 Å². The van der Waals surface area contributed by atoms with Gasteiger partial charge in [-0.2, -0.15) is 0 Å². The van der Waals surface area contributed by atoms with Crippen LogP contribution in [0.4, 0.5) is 0 Å². The zero-order valence-electron chi connectivity index (χ0n) is 15.2. The average Bonchev–Trinajstić information content (AvgIpc) is 3.08. The van der Waals surface area contributed by atoms with Gasteiger partial charge in [0.05, 0.1) is 39.4 Å². The molecule has 1 N–H and O–H groups in total. The Bertz CT molecular complexity index is 663. The highest BCUT2D eigenvalue weighted by atomic mass is 16.5. The summed E-state index contributed by atoms with van der Waals surface area (Å²) in [5.74, 6) is 1.51. The van der Waals surface area contributed by atoms with Gasteiger partial charge in [-0.1, -0.05) is 12.1 Å². The van der Waals surface area contributed by atoms with Crippen molar-refractivity contribution in [1.82, 2.24) is 14.5 Å². The van der Waals surface area contributed by atoms with Crippen LogP contribution in [0.3, 0.4) is 0 Å². The van der Waals surface area contributed by atoms with E-state index >= 15 is 0 Å². The van der Waals surface area contributed by atoms with Crippen LogP contribution in [-0.4, -0.2) is 65.7 Å². The Kier molecular flexibility index (Phi) is 6.88. The van der Waals surface area contributed by atoms with Crippen molar-refractivity contribution in [2.75, 3.05) is 40.0 Å². The lowest BCUT2D eigenvalue weighted by molar-refractivity contribution is 0.0562. The molecule has 1 aromatic heterocycles. The third kappa shape index (κ3) is 5.20. The lowest BCUT2D eigenvalue weighted by Crippen LogP contribution is -2.32. The molecule has 0 bridgehead atoms. The first-order valence-electron chi connectivity index (χ1n) is 8.99. The maximum atomic E-state index is 9.94. The van der Waals surface area contributed by atoms with E-state index in [1.807, 2.05) is 29.0 Å². The summed E-state index contributed by atoms with van der Waals surface area (Å²) < 4.78 is 19.0. The molecule has 2 heterocycles. The first-order valence-corrected chi connectivity index (χ1v) is 8.99. The number of nitrogens with zero attached hydrogens (tertiary/aromatic N) is 3. The highest BCUT2D eigenvalue weighted by Gasteiger charge is 2.19. The van der Waals surface area contributed by atoms with Crippen LogP contribution < -0.4 is 9.47 Å². The highest BCUT2D eigenvalue weighted by Crippen LogP contribution is 2.32. The van der Waals surface area contributed by atoms with Gasteiger partial charge >= 0.3 is 0 Å². The van der Waals surface area contributed by atoms with Gasteiger partial charge in [0.2, 0.25) is 0 Å². The second-order valence-electron chi connectivity index (χ2n) is 6.41. The van der Waals surface area contributed by atoms with Crippen molar-refractivity contribution < 1.29 is 19.3 Å². The third-order valence-corrected chi connectivity index (χ3v) is 4.37. The molecule has 7 nitrogen and oxygen atoms in total. The number of hydrogen-bond acceptors (Lipinski definition) is 6. The molecule has 1 atom stereocenters. The number of imidazole rings is 1. The van der Waals surface area contributed by atoms with Crippen molar-refractivity contribution in [3.05, 3.63) is 42.5 Å². The minimum Gasteiger partial charge on any atom is -0.493 e. The summed E-state index contributed by atoms with van der Waals surface area (Å²) in [6, 6.07) is 5.93. The molecule has 1 saturated heterocycles. The van der Waals surface area contributed by atoms with Crippen LogP contribution in [-0.2, 0) is 17.8 Å². The SMILES string of the molecule is COc1cccc(CN2CCOCC(O)C2)c1OCCCn1ccnc1. The molecule has 0 amide bonds. The summed E-state index contributed by atoms with van der Waals surface area (Å²) in [4.78, 5) is 6.23. The standard InChI is InChI=1S/C19H27N3O4/c1-24-18-5-2-4-16(12-22-9-11-25-14-17(23)13-22)19(18)26-10-3-7-21-8-6-20-15-21/h2,4-6,8,15,17,23H,3,7,9-14H2,1H3. The number of aliphatic hydroxyl groups excluding tert-OH is 1. The average molecular weight is 361 g/mol. The van der Waals surface area contributed by atoms with Gasteiger partial charge in [0.25, 0.3) is 0 Å². The molecular weight excluding hydrogens is 334 g/mol. The Morgan fingerprint density at radius 1 is 1.38 bits per heavy atom. The first-order chi connectivity index (χ1) is 12.8. The van der Waals surface area contributed by atoms with Gasteiger partial charge < -0.3 is 23.9 Å². The van der Waals surface area contributed by atoms with E-state index < -0.39 is 6.10 Å². The lowest BCUT2D eigenvalue weighted by Gasteiger charge is -2.23. The fourth-order valence-electron chi connectivity index (χ4n) is 3.09. The van der Waals surface area contributed by atoms with Crippen molar-refractivity contribution in [1.29, 1.82) is 0 Å². The van der Waals surface area contributed by atoms with Gasteiger partial charge in [-0.05, 0) is 12.5 Å². The van der Waals surface area contributed by atoms with Crippen LogP contribution >= 0.6 is 0 Å². The van der Waals surface area contributed by atoms with Gasteiger partial charge in [0, 0.05) is 44.1 Å². The number of rotatable bonds is 8. The fraction of sp³-hybridized carbons (Fsp3) is 0.526. The molecule has 142 valence electrons. The molecule has 1 unspecified atom stereocenters. The molecule has 0 saturated carbocycles. The summed E-state index contributed by atoms with van der Waals surface area (Å²) >= 11 is 0. The summed E-state index contributed by atoms with van der Waals surface area (Å²) in [5.41, 5.74) is 1.06. The van der Waals surface area contributed by atoms with E-state index in [1.54, 1.807) is 19.6 Å². The molecule has 0 spiro atoms. The quantitative estimate of drug-likeness (QED) is 0.720. The van der Waals surface area contributed by atoms with Crippen molar-refractivity contribution in [3.63, 3.8) is 0 Å². The number of ether oxygens (including phenoxy) is 3. The third-order valence-electron chi connectivity index (χ3n) is 4.37. The van der Waals surface area contributed by atoms with Gasteiger partial charge in [0.15, 0.2) is 11.5 Å². The molecular formula is C19H27N3O4. The predicted molar refractivity (Wildman–Crippen MR) is 97.4 cm³/mol. The van der Waals surface area contributed by atoms with E-state index in [9.17, 15) is 5.11 Å². The van der Waals surface area contributed by atoms with Crippen molar-refractivity contribution in [2.45, 2.75) is 25.6 Å². The lowest BCUT2D eigenvalue weighted by atomic mass is 10.1. The second kappa shape index (κ2) is 9.56. The van der Waals surface area contributed by atoms with Gasteiger partial charge in [-0.3, -0.25) is 4.90 Å². The molecule has 1 fully saturated rings. The number of aryl methyl sites for hydroxylation is 1. The molecule has 0 radical (unpaired) electrons. The summed E-state index contributed by atoms with van der Waals surface area (Å²) in [7, 11) is 1.65. The Morgan fingerprint density at radius 2 is 2.31 bits per heavy atom. The summed E-state index contributed by atoms with van der Waals surface area (Å²) in [6.07, 6.45) is 5.95. The van der Waals surface area contributed by atoms with E-state index in [1.165, 1.54) is 0 Å². The zero-order chi connectivity index (χ0) is 18.2. The fourth-order valence-corrected chi connectivity index (χ4v) is 3.09. The number of aliphatic hydroxyl groups is 1. The molecule has 7 heteroatoms. The van der Waals surface area contributed by atoms with Crippen molar-refractivity contribution >= 4 is 0 Å². The van der Waals surface area contributed by atoms with Gasteiger partial charge in [-0.25, -0.2) is 4.98 Å². The van der Waals surface area contributed by atoms with Gasteiger partial charge in [0.1, 0.15) is 0 Å². The smallest absolute Gasteiger partial charge is 0.165 e. The number of hydrogen-bond donors (Lipinski definition) is 1. The zero-order valence-corrected chi connectivity index (χ0v) is 15.2. The maximum absolute atomic E-state index is 9.94. The number of benzene rings is 1. The van der Waals surface area contributed by atoms with Crippen LogP contribution in [0.1, 0.15) is 12.0 Å². The molecule has 1 aliphatic heterocycles. The second-order valence-corrected chi connectivity index (χ2v) is 6.41. The number of methoxy groups -OCH3 is 1. The molecule has 3 rings (SSSR count). The van der Waals surface area contributed by atoms with E-state index in [0.29, 0.717) is 32.9 Å². The summed E-state index contributed by atoms with van der Waals surface area (Å²) in [5, 5.41) is 9.94. The maximum Gasteiger partial charge on any atom is 0.165 e. The minimum absolute atomic E-state index is 0.395. The van der Waals surface area contributed by atoms with Crippen molar-refractivity contribution in [2.24, 2.45) is 0 Å². The normalized spacial score (nSPS) is 18.5. The minimum atomic E-state index is -0.456. The Morgan fingerprint density at radius 3 is 3.12 bits per heavy atom. The highest BCUT2D eigenvalue weighted by molar-refractivity contribution is 5.46. The monoisotopic (exact) mass is 361 g/mol. The molecule has 1 aromatic carbocycles. The predicted octanol–water partition coefficient (Wildman–Crippen LogP) is 1.55. The molecule has 2 aromatic rings. The van der Waals surface area contributed by atoms with Crippen LogP contribution in [0.2, 0.25) is 0 Å². The Hall–Kier alpha value is -2.09. The van der Waals surface area contributed by atoms with Crippen LogP contribution in [0.25, 0.3) is 0 Å². The van der Waals surface area contributed by atoms with Crippen LogP contribution in [0, 0.1) is 0 Å². The Labute approximate surface area is 154 Å². The molecule has 0 aliphatic carbocycles. The molecule has 26 heavy (non-hydrogen) atoms. The largest absolute Gasteiger partial charge is 0.493 e. The topological polar surface area (TPSA) is 69.0 Å². The molecule has 1 aliphatic rings. The number of para-hydroxylation sites is 1. The van der Waals surface area contributed by atoms with Crippen molar-refractivity contribution in [3.8, 4) is 11.5 Å². The van der Waals surface area contributed by atoms with Crippen LogP contribution in [0.5, 0.6) is 11.5 Å². The van der Waals surface area contributed by atoms with E-state index in [-0.39, 0.29) is 0 Å². The van der Waals surface area contributed by atoms with E-state index in [2.05, 4.69) is 9.88 Å². The van der Waals surface area contributed by atoms with Gasteiger partial charge in [-0.15, -0.1) is 0 Å². The van der Waals surface area contributed by atoms with E-state index in [0.717, 1.165) is 36.6 Å². The Balaban J connectivity index is 1.63. The number of aromatic nitrogens is 2. The number of β-amino-alcohol motifs (C(OH)–C–C–N with tert-alkyl or cyclic N) is 1. The summed E-state index contributed by atoms with van der Waals surface area (Å²) in [6.45, 7) is 4.55.